The zero-order valence-electron chi connectivity index (χ0n) is 14.2. The van der Waals surface area contributed by atoms with Gasteiger partial charge < -0.3 is 5.32 Å². The summed E-state index contributed by atoms with van der Waals surface area (Å²) >= 11 is 0. The molecule has 3 rings (SSSR count). The molecule has 1 N–H and O–H groups in total. The molecule has 2 heterocycles. The molecule has 1 atom stereocenters. The highest BCUT2D eigenvalue weighted by Gasteiger charge is 2.39. The predicted octanol–water partition coefficient (Wildman–Crippen LogP) is 1.28. The number of likely N-dealkylation sites (tertiary alicyclic amines) is 1. The topological polar surface area (TPSA) is 84.3 Å². The Morgan fingerprint density at radius 1 is 1.36 bits per heavy atom. The maximum atomic E-state index is 12.5. The molecule has 0 radical (unpaired) electrons. The van der Waals surface area contributed by atoms with E-state index in [1.807, 2.05) is 31.3 Å². The van der Waals surface area contributed by atoms with E-state index in [1.54, 1.807) is 24.0 Å². The number of rotatable bonds is 5. The van der Waals surface area contributed by atoms with Gasteiger partial charge in [-0.1, -0.05) is 12.1 Å². The fourth-order valence-electron chi connectivity index (χ4n) is 3.01. The van der Waals surface area contributed by atoms with Gasteiger partial charge in [-0.3, -0.25) is 24.0 Å². The van der Waals surface area contributed by atoms with Gasteiger partial charge in [-0.2, -0.15) is 5.10 Å². The van der Waals surface area contributed by atoms with Gasteiger partial charge in [0.15, 0.2) is 0 Å². The van der Waals surface area contributed by atoms with E-state index in [9.17, 15) is 14.4 Å². The fourth-order valence-corrected chi connectivity index (χ4v) is 3.01. The molecule has 1 aromatic heterocycles. The van der Waals surface area contributed by atoms with Crippen LogP contribution < -0.4 is 5.32 Å². The zero-order valence-corrected chi connectivity index (χ0v) is 14.2. The van der Waals surface area contributed by atoms with Crippen molar-refractivity contribution in [3.05, 3.63) is 47.8 Å². The first kappa shape index (κ1) is 16.9. The maximum absolute atomic E-state index is 12.5. The van der Waals surface area contributed by atoms with Crippen molar-refractivity contribution in [2.45, 2.75) is 19.8 Å². The lowest BCUT2D eigenvalue weighted by molar-refractivity contribution is -0.142. The summed E-state index contributed by atoms with van der Waals surface area (Å²) in [4.78, 5) is 37.8. The number of carbonyl (C=O) groups is 3. The first-order valence-corrected chi connectivity index (χ1v) is 8.10. The number of aryl methyl sites for hydroxylation is 2. The number of aromatic nitrogens is 2. The van der Waals surface area contributed by atoms with E-state index in [1.165, 1.54) is 0 Å². The highest BCUT2D eigenvalue weighted by atomic mass is 16.2. The number of carbonyl (C=O) groups excluding carboxylic acids is 3. The van der Waals surface area contributed by atoms with Gasteiger partial charge >= 0.3 is 0 Å². The standard InChI is InChI=1S/C18H20N4O3/c1-12-4-3-5-15(6-12)20-16(23)11-22-17(24)8-14(18(22)25)7-13-9-19-21(2)10-13/h3-6,9-10,14H,7-8,11H2,1-2H3,(H,20,23)/t14-/m1/s1. The quantitative estimate of drug-likeness (QED) is 0.831. The molecule has 1 aliphatic heterocycles. The van der Waals surface area contributed by atoms with Gasteiger partial charge in [0.05, 0.1) is 12.1 Å². The molecule has 7 heteroatoms. The molecule has 2 aromatic rings. The molecular formula is C18H20N4O3. The molecule has 1 aliphatic rings. The average Bonchev–Trinajstić information content (AvgIpc) is 3.06. The third-order valence-electron chi connectivity index (χ3n) is 4.18. The van der Waals surface area contributed by atoms with Crippen LogP contribution in [0.5, 0.6) is 0 Å². The second-order valence-electron chi connectivity index (χ2n) is 6.36. The van der Waals surface area contributed by atoms with Crippen molar-refractivity contribution in [3.8, 4) is 0 Å². The number of amides is 3. The van der Waals surface area contributed by atoms with Crippen LogP contribution in [0, 0.1) is 12.8 Å². The van der Waals surface area contributed by atoms with Crippen molar-refractivity contribution in [2.75, 3.05) is 11.9 Å². The molecule has 1 saturated heterocycles. The van der Waals surface area contributed by atoms with Gasteiger partial charge in [0.25, 0.3) is 0 Å². The molecule has 25 heavy (non-hydrogen) atoms. The van der Waals surface area contributed by atoms with Crippen LogP contribution >= 0.6 is 0 Å². The van der Waals surface area contributed by atoms with E-state index >= 15 is 0 Å². The minimum absolute atomic E-state index is 0.130. The van der Waals surface area contributed by atoms with E-state index in [-0.39, 0.29) is 30.7 Å². The fraction of sp³-hybridized carbons (Fsp3) is 0.333. The third kappa shape index (κ3) is 3.93. The van der Waals surface area contributed by atoms with Gasteiger partial charge in [0, 0.05) is 25.4 Å². The largest absolute Gasteiger partial charge is 0.325 e. The maximum Gasteiger partial charge on any atom is 0.244 e. The van der Waals surface area contributed by atoms with Gasteiger partial charge in [-0.05, 0) is 36.6 Å². The summed E-state index contributed by atoms with van der Waals surface area (Å²) in [5, 5.41) is 6.79. The van der Waals surface area contributed by atoms with Crippen LogP contribution in [0.4, 0.5) is 5.69 Å². The van der Waals surface area contributed by atoms with Crippen LogP contribution in [0.3, 0.4) is 0 Å². The van der Waals surface area contributed by atoms with Crippen LogP contribution in [0.25, 0.3) is 0 Å². The van der Waals surface area contributed by atoms with E-state index in [4.69, 9.17) is 0 Å². The Bertz CT molecular complexity index is 827. The number of imide groups is 1. The lowest BCUT2D eigenvalue weighted by Crippen LogP contribution is -2.38. The first-order valence-electron chi connectivity index (χ1n) is 8.10. The van der Waals surface area contributed by atoms with E-state index in [2.05, 4.69) is 10.4 Å². The summed E-state index contributed by atoms with van der Waals surface area (Å²) in [6, 6.07) is 7.35. The van der Waals surface area contributed by atoms with E-state index in [0.717, 1.165) is 16.0 Å². The second-order valence-corrected chi connectivity index (χ2v) is 6.36. The van der Waals surface area contributed by atoms with Crippen molar-refractivity contribution >= 4 is 23.4 Å². The summed E-state index contributed by atoms with van der Waals surface area (Å²) in [6.07, 6.45) is 4.09. The van der Waals surface area contributed by atoms with Crippen molar-refractivity contribution in [3.63, 3.8) is 0 Å². The van der Waals surface area contributed by atoms with E-state index in [0.29, 0.717) is 12.1 Å². The summed E-state index contributed by atoms with van der Waals surface area (Å²) in [6.45, 7) is 1.67. The number of benzene rings is 1. The predicted molar refractivity (Wildman–Crippen MR) is 91.5 cm³/mol. The lowest BCUT2D eigenvalue weighted by Gasteiger charge is -2.15. The molecule has 0 saturated carbocycles. The smallest absolute Gasteiger partial charge is 0.244 e. The minimum atomic E-state index is -0.427. The van der Waals surface area contributed by atoms with Gasteiger partial charge in [-0.15, -0.1) is 0 Å². The lowest BCUT2D eigenvalue weighted by atomic mass is 10.0. The Kier molecular flexibility index (Phi) is 4.65. The summed E-state index contributed by atoms with van der Waals surface area (Å²) in [7, 11) is 1.80. The molecule has 130 valence electrons. The zero-order chi connectivity index (χ0) is 18.0. The normalized spacial score (nSPS) is 17.2. The molecule has 3 amide bonds. The monoisotopic (exact) mass is 340 g/mol. The summed E-state index contributed by atoms with van der Waals surface area (Å²) in [5.74, 6) is -1.41. The Morgan fingerprint density at radius 2 is 2.16 bits per heavy atom. The third-order valence-corrected chi connectivity index (χ3v) is 4.18. The molecule has 0 unspecified atom stereocenters. The average molecular weight is 340 g/mol. The summed E-state index contributed by atoms with van der Waals surface area (Å²) in [5.41, 5.74) is 2.57. The van der Waals surface area contributed by atoms with Crippen molar-refractivity contribution in [1.82, 2.24) is 14.7 Å². The van der Waals surface area contributed by atoms with Crippen LogP contribution in [0.2, 0.25) is 0 Å². The van der Waals surface area contributed by atoms with Crippen LogP contribution in [-0.2, 0) is 27.9 Å². The Labute approximate surface area is 145 Å². The number of nitrogens with zero attached hydrogens (tertiary/aromatic N) is 3. The number of hydrogen-bond donors (Lipinski definition) is 1. The molecular weight excluding hydrogens is 320 g/mol. The number of nitrogens with one attached hydrogen (secondary N) is 1. The molecule has 0 spiro atoms. The van der Waals surface area contributed by atoms with Crippen molar-refractivity contribution in [1.29, 1.82) is 0 Å². The number of hydrogen-bond acceptors (Lipinski definition) is 4. The highest BCUT2D eigenvalue weighted by molar-refractivity contribution is 6.07. The van der Waals surface area contributed by atoms with Gasteiger partial charge in [0.1, 0.15) is 6.54 Å². The molecule has 1 fully saturated rings. The van der Waals surface area contributed by atoms with Crippen LogP contribution in [-0.4, -0.2) is 38.9 Å². The minimum Gasteiger partial charge on any atom is -0.325 e. The Morgan fingerprint density at radius 3 is 2.84 bits per heavy atom. The Balaban J connectivity index is 1.61. The molecule has 7 nitrogen and oxygen atoms in total. The number of anilines is 1. The van der Waals surface area contributed by atoms with Gasteiger partial charge in [-0.25, -0.2) is 0 Å². The molecule has 0 aliphatic carbocycles. The highest BCUT2D eigenvalue weighted by Crippen LogP contribution is 2.23. The van der Waals surface area contributed by atoms with E-state index < -0.39 is 5.92 Å². The van der Waals surface area contributed by atoms with Crippen molar-refractivity contribution < 1.29 is 14.4 Å². The first-order chi connectivity index (χ1) is 11.9. The Hall–Kier alpha value is -2.96. The van der Waals surface area contributed by atoms with Crippen LogP contribution in [0.1, 0.15) is 17.5 Å². The summed E-state index contributed by atoms with van der Waals surface area (Å²) < 4.78 is 1.66. The SMILES string of the molecule is Cc1cccc(NC(=O)CN2C(=O)C[C@@H](Cc3cnn(C)c3)C2=O)c1. The molecule has 1 aromatic carbocycles. The van der Waals surface area contributed by atoms with Crippen LogP contribution in [0.15, 0.2) is 36.7 Å². The second kappa shape index (κ2) is 6.88. The van der Waals surface area contributed by atoms with Crippen molar-refractivity contribution in [2.24, 2.45) is 13.0 Å². The van der Waals surface area contributed by atoms with Gasteiger partial charge in [0.2, 0.25) is 17.7 Å². The molecule has 0 bridgehead atoms.